The minimum Gasteiger partial charge on any atom is -0.480 e. The van der Waals surface area contributed by atoms with Crippen molar-refractivity contribution in [2.45, 2.75) is 79.2 Å². The van der Waals surface area contributed by atoms with E-state index in [1.165, 1.54) is 52.4 Å². The lowest BCUT2D eigenvalue weighted by molar-refractivity contribution is -0.137. The van der Waals surface area contributed by atoms with E-state index in [1.54, 1.807) is 0 Å². The topological polar surface area (TPSA) is 62.2 Å². The molecule has 34 heavy (non-hydrogen) atoms. The number of allylic oxidation sites excluding steroid dienone is 7. The Bertz CT molecular complexity index is 886. The van der Waals surface area contributed by atoms with Crippen LogP contribution in [0.3, 0.4) is 0 Å². The Labute approximate surface area is 209 Å². The van der Waals surface area contributed by atoms with Gasteiger partial charge in [0.25, 0.3) is 0 Å². The van der Waals surface area contributed by atoms with Crippen molar-refractivity contribution in [3.8, 4) is 0 Å². The summed E-state index contributed by atoms with van der Waals surface area (Å²) in [5.74, 6) is -0.0711. The second-order valence-corrected chi connectivity index (χ2v) is 10.1. The number of aromatic nitrogens is 1. The van der Waals surface area contributed by atoms with Crippen molar-refractivity contribution in [2.75, 3.05) is 16.8 Å². The van der Waals surface area contributed by atoms with Crippen LogP contribution in [0.15, 0.2) is 64.9 Å². The summed E-state index contributed by atoms with van der Waals surface area (Å²) in [5, 5.41) is 12.2. The molecule has 1 atom stereocenters. The first-order valence-corrected chi connectivity index (χ1v) is 13.1. The predicted molar refractivity (Wildman–Crippen MR) is 145 cm³/mol. The summed E-state index contributed by atoms with van der Waals surface area (Å²) in [7, 11) is 0. The third-order valence-corrected chi connectivity index (χ3v) is 6.30. The van der Waals surface area contributed by atoms with Gasteiger partial charge in [-0.25, -0.2) is 14.2 Å². The maximum atomic E-state index is 13.3. The molecule has 4 nitrogen and oxygen atoms in total. The van der Waals surface area contributed by atoms with Crippen LogP contribution in [0.1, 0.15) is 73.1 Å². The van der Waals surface area contributed by atoms with Crippen LogP contribution in [0.2, 0.25) is 0 Å². The lowest BCUT2D eigenvalue weighted by Gasteiger charge is -2.14. The molecule has 0 aliphatic heterocycles. The molecule has 0 radical (unpaired) electrons. The van der Waals surface area contributed by atoms with Gasteiger partial charge in [-0.3, -0.25) is 0 Å². The lowest BCUT2D eigenvalue weighted by atomic mass is 10.0. The molecule has 2 N–H and O–H groups in total. The number of anilines is 1. The maximum absolute atomic E-state index is 13.3. The monoisotopic (exact) mass is 488 g/mol. The average molecular weight is 489 g/mol. The summed E-state index contributed by atoms with van der Waals surface area (Å²) in [6.45, 7) is 10.8. The van der Waals surface area contributed by atoms with Crippen LogP contribution in [-0.2, 0) is 4.79 Å². The van der Waals surface area contributed by atoms with Crippen molar-refractivity contribution in [2.24, 2.45) is 0 Å². The van der Waals surface area contributed by atoms with Crippen LogP contribution in [0.5, 0.6) is 0 Å². The zero-order valence-corrected chi connectivity index (χ0v) is 22.2. The van der Waals surface area contributed by atoms with Crippen molar-refractivity contribution in [1.29, 1.82) is 0 Å². The Morgan fingerprint density at radius 3 is 2.09 bits per heavy atom. The number of carboxylic acid groups (broad SMARTS) is 1. The number of hydrogen-bond donors (Lipinski definition) is 2. The quantitative estimate of drug-likeness (QED) is 0.182. The number of nitrogens with zero attached hydrogens (tertiary/aromatic N) is 1. The zero-order valence-electron chi connectivity index (χ0n) is 21.4. The van der Waals surface area contributed by atoms with Crippen molar-refractivity contribution in [3.63, 3.8) is 0 Å². The molecule has 1 unspecified atom stereocenters. The molecule has 188 valence electrons. The van der Waals surface area contributed by atoms with Crippen molar-refractivity contribution >= 4 is 23.5 Å². The lowest BCUT2D eigenvalue weighted by Crippen LogP contribution is -2.32. The van der Waals surface area contributed by atoms with Crippen molar-refractivity contribution in [3.05, 3.63) is 70.7 Å². The number of thioether (sulfide) groups is 1. The molecule has 0 spiro atoms. The van der Waals surface area contributed by atoms with Gasteiger partial charge in [0.1, 0.15) is 17.7 Å². The molecule has 0 aliphatic carbocycles. The van der Waals surface area contributed by atoms with Gasteiger partial charge in [-0.1, -0.05) is 46.6 Å². The molecule has 1 heterocycles. The summed E-state index contributed by atoms with van der Waals surface area (Å²) < 4.78 is 13.3. The molecule has 0 bridgehead atoms. The predicted octanol–water partition coefficient (Wildman–Crippen LogP) is 7.96. The van der Waals surface area contributed by atoms with E-state index >= 15 is 0 Å². The first-order valence-electron chi connectivity index (χ1n) is 12.0. The fourth-order valence-corrected chi connectivity index (χ4v) is 4.21. The number of hydrogen-bond acceptors (Lipinski definition) is 4. The summed E-state index contributed by atoms with van der Waals surface area (Å²) >= 11 is 1.54. The highest BCUT2D eigenvalue weighted by molar-refractivity contribution is 7.99. The van der Waals surface area contributed by atoms with Crippen LogP contribution in [0.25, 0.3) is 0 Å². The number of pyridine rings is 1. The van der Waals surface area contributed by atoms with Crippen LogP contribution >= 0.6 is 11.8 Å². The molecular weight excluding hydrogens is 447 g/mol. The van der Waals surface area contributed by atoms with E-state index in [2.05, 4.69) is 69.2 Å². The molecule has 0 aliphatic rings. The highest BCUT2D eigenvalue weighted by Crippen LogP contribution is 2.15. The van der Waals surface area contributed by atoms with Crippen LogP contribution in [0.4, 0.5) is 10.2 Å². The average Bonchev–Trinajstić information content (AvgIpc) is 2.75. The minimum absolute atomic E-state index is 0.233. The maximum Gasteiger partial charge on any atom is 0.327 e. The van der Waals surface area contributed by atoms with Gasteiger partial charge in [0.05, 0.1) is 0 Å². The van der Waals surface area contributed by atoms with Crippen LogP contribution in [-0.4, -0.2) is 33.6 Å². The third-order valence-electron chi connectivity index (χ3n) is 5.33. The molecular formula is C28H41FN2O2S. The van der Waals surface area contributed by atoms with Gasteiger partial charge < -0.3 is 10.4 Å². The number of nitrogens with one attached hydrogen (secondary N) is 1. The van der Waals surface area contributed by atoms with Gasteiger partial charge >= 0.3 is 5.97 Å². The Morgan fingerprint density at radius 2 is 1.56 bits per heavy atom. The summed E-state index contributed by atoms with van der Waals surface area (Å²) in [6.07, 6.45) is 16.9. The van der Waals surface area contributed by atoms with E-state index in [0.717, 1.165) is 44.3 Å². The van der Waals surface area contributed by atoms with E-state index in [0.29, 0.717) is 5.75 Å². The fraction of sp³-hybridized carbons (Fsp3) is 0.500. The molecule has 1 aromatic heterocycles. The summed E-state index contributed by atoms with van der Waals surface area (Å²) in [4.78, 5) is 15.4. The Hall–Kier alpha value is -2.34. The minimum atomic E-state index is -0.974. The van der Waals surface area contributed by atoms with Gasteiger partial charge in [0.2, 0.25) is 0 Å². The third kappa shape index (κ3) is 14.7. The Kier molecular flexibility index (Phi) is 15.0. The molecule has 0 aromatic carbocycles. The summed E-state index contributed by atoms with van der Waals surface area (Å²) in [5.41, 5.74) is 5.58. The Morgan fingerprint density at radius 1 is 1.00 bits per heavy atom. The van der Waals surface area contributed by atoms with Gasteiger partial charge in [-0.15, -0.1) is 0 Å². The van der Waals surface area contributed by atoms with Crippen molar-refractivity contribution < 1.29 is 14.3 Å². The summed E-state index contributed by atoms with van der Waals surface area (Å²) in [6, 6.07) is 1.61. The fourth-order valence-electron chi connectivity index (χ4n) is 3.21. The second-order valence-electron chi connectivity index (χ2n) is 8.98. The first-order chi connectivity index (χ1) is 16.2. The van der Waals surface area contributed by atoms with Gasteiger partial charge in [-0.05, 0) is 79.2 Å². The number of rotatable bonds is 16. The molecule has 0 saturated carbocycles. The highest BCUT2D eigenvalue weighted by Gasteiger charge is 2.17. The molecule has 0 fully saturated rings. The second kappa shape index (κ2) is 17.1. The first kappa shape index (κ1) is 29.7. The van der Waals surface area contributed by atoms with Gasteiger partial charge in [-0.2, -0.15) is 11.8 Å². The van der Waals surface area contributed by atoms with Crippen LogP contribution < -0.4 is 5.32 Å². The number of carboxylic acids is 1. The zero-order chi connectivity index (χ0) is 25.3. The largest absolute Gasteiger partial charge is 0.480 e. The van der Waals surface area contributed by atoms with E-state index in [4.69, 9.17) is 0 Å². The van der Waals surface area contributed by atoms with Crippen molar-refractivity contribution in [1.82, 2.24) is 4.98 Å². The molecule has 1 rings (SSSR count). The smallest absolute Gasteiger partial charge is 0.327 e. The standard InChI is InChI=1S/C28H41FN2O2S/c1-21(2)9-6-10-22(3)11-7-12-23(4)13-8-14-24(5)16-18-34-20-26(28(32)33)31-27-19-25(29)15-17-30-27/h9,11,13,15-17,19,26H,6-8,10,12,14,18,20H2,1-5H3,(H,30,31)(H,32,33)/b22-11+,23-13+,24-16+. The molecule has 6 heteroatoms. The van der Waals surface area contributed by atoms with E-state index in [1.807, 2.05) is 0 Å². The SMILES string of the molecule is CC(C)=CCC/C(C)=C/CC/C(C)=C/CC/C(C)=C/CSCC(Nc1cc(F)ccn1)C(=O)O. The highest BCUT2D eigenvalue weighted by atomic mass is 32.2. The van der Waals surface area contributed by atoms with E-state index < -0.39 is 17.8 Å². The molecule has 1 aromatic rings. The number of halogens is 1. The van der Waals surface area contributed by atoms with Gasteiger partial charge in [0, 0.05) is 23.8 Å². The van der Waals surface area contributed by atoms with Gasteiger partial charge in [0.15, 0.2) is 0 Å². The van der Waals surface area contributed by atoms with E-state index in [-0.39, 0.29) is 5.82 Å². The normalized spacial score (nSPS) is 13.5. The van der Waals surface area contributed by atoms with E-state index in [9.17, 15) is 14.3 Å². The Balaban J connectivity index is 2.31. The molecule has 0 amide bonds. The number of carbonyl (C=O) groups is 1. The number of aliphatic carboxylic acids is 1. The van der Waals surface area contributed by atoms with Crippen LogP contribution in [0, 0.1) is 5.82 Å². The molecule has 0 saturated heterocycles.